The maximum Gasteiger partial charge on any atom is 0.177 e. The molecule has 0 amide bonds. The van der Waals surface area contributed by atoms with Crippen LogP contribution in [0.2, 0.25) is 0 Å². The van der Waals surface area contributed by atoms with Gasteiger partial charge >= 0.3 is 0 Å². The summed E-state index contributed by atoms with van der Waals surface area (Å²) in [4.78, 5) is 12.3. The minimum atomic E-state index is 0.587. The van der Waals surface area contributed by atoms with Gasteiger partial charge in [0.25, 0.3) is 0 Å². The Bertz CT molecular complexity index is 536. The fourth-order valence-electron chi connectivity index (χ4n) is 3.13. The third-order valence-electron chi connectivity index (χ3n) is 3.91. The van der Waals surface area contributed by atoms with E-state index in [4.69, 9.17) is 0 Å². The maximum atomic E-state index is 4.61. The second-order valence-corrected chi connectivity index (χ2v) is 4.88. The third-order valence-corrected chi connectivity index (χ3v) is 3.91. The van der Waals surface area contributed by atoms with E-state index in [2.05, 4.69) is 27.1 Å². The van der Waals surface area contributed by atoms with Crippen molar-refractivity contribution in [3.63, 3.8) is 0 Å². The molecule has 2 heterocycles. The van der Waals surface area contributed by atoms with Crippen molar-refractivity contribution in [1.29, 1.82) is 0 Å². The molecule has 2 aromatic rings. The normalized spacial score (nSPS) is 31.6. The van der Waals surface area contributed by atoms with Crippen LogP contribution < -0.4 is 0 Å². The number of nitrogens with zero attached hydrogens (tertiary/aromatic N) is 2. The lowest BCUT2D eigenvalue weighted by Crippen LogP contribution is -2.06. The van der Waals surface area contributed by atoms with Crippen LogP contribution in [0.25, 0.3) is 11.2 Å². The Morgan fingerprint density at radius 1 is 1.25 bits per heavy atom. The Morgan fingerprint density at radius 3 is 3.00 bits per heavy atom. The molecule has 3 atom stereocenters. The zero-order valence-electron chi connectivity index (χ0n) is 8.93. The smallest absolute Gasteiger partial charge is 0.177 e. The van der Waals surface area contributed by atoms with E-state index in [-0.39, 0.29) is 0 Å². The van der Waals surface area contributed by atoms with E-state index >= 15 is 0 Å². The fourth-order valence-corrected chi connectivity index (χ4v) is 3.13. The lowest BCUT2D eigenvalue weighted by Gasteiger charge is -2.14. The van der Waals surface area contributed by atoms with Crippen LogP contribution in [0, 0.1) is 11.8 Å². The van der Waals surface area contributed by atoms with Gasteiger partial charge in [-0.2, -0.15) is 0 Å². The summed E-state index contributed by atoms with van der Waals surface area (Å²) in [6, 6.07) is 3.99. The van der Waals surface area contributed by atoms with E-state index in [0.29, 0.717) is 11.8 Å². The van der Waals surface area contributed by atoms with E-state index in [1.165, 1.54) is 12.8 Å². The summed E-state index contributed by atoms with van der Waals surface area (Å²) in [5.41, 5.74) is 1.91. The molecule has 2 aliphatic rings. The number of aromatic amines is 1. The fraction of sp³-hybridized carbons (Fsp3) is 0.385. The van der Waals surface area contributed by atoms with Gasteiger partial charge < -0.3 is 4.98 Å². The molecular formula is C13H13N3. The first-order valence-corrected chi connectivity index (χ1v) is 5.89. The molecule has 3 heteroatoms. The summed E-state index contributed by atoms with van der Waals surface area (Å²) in [6.45, 7) is 0. The van der Waals surface area contributed by atoms with E-state index in [1.54, 1.807) is 6.20 Å². The maximum absolute atomic E-state index is 4.61. The Labute approximate surface area is 93.6 Å². The van der Waals surface area contributed by atoms with Crippen molar-refractivity contribution < 1.29 is 0 Å². The van der Waals surface area contributed by atoms with E-state index in [9.17, 15) is 0 Å². The third kappa shape index (κ3) is 1.08. The number of allylic oxidation sites excluding steroid dienone is 2. The molecule has 1 N–H and O–H groups in total. The molecular weight excluding hydrogens is 198 g/mol. The Morgan fingerprint density at radius 2 is 2.25 bits per heavy atom. The molecule has 0 aromatic carbocycles. The van der Waals surface area contributed by atoms with E-state index in [1.807, 2.05) is 12.1 Å². The van der Waals surface area contributed by atoms with Crippen LogP contribution in [0.1, 0.15) is 24.6 Å². The van der Waals surface area contributed by atoms with Gasteiger partial charge in [0, 0.05) is 12.1 Å². The highest BCUT2D eigenvalue weighted by Crippen LogP contribution is 2.48. The predicted octanol–water partition coefficient (Wildman–Crippen LogP) is 2.64. The molecule has 16 heavy (non-hydrogen) atoms. The van der Waals surface area contributed by atoms with Crippen LogP contribution in [-0.4, -0.2) is 15.0 Å². The largest absolute Gasteiger partial charge is 0.340 e. The van der Waals surface area contributed by atoms with Gasteiger partial charge in [-0.3, -0.25) is 0 Å². The van der Waals surface area contributed by atoms with Gasteiger partial charge in [-0.1, -0.05) is 12.2 Å². The number of aromatic nitrogens is 3. The topological polar surface area (TPSA) is 41.6 Å². The summed E-state index contributed by atoms with van der Waals surface area (Å²) in [6.07, 6.45) is 9.09. The highest BCUT2D eigenvalue weighted by atomic mass is 15.0. The molecule has 0 saturated heterocycles. The quantitative estimate of drug-likeness (QED) is 0.737. The highest BCUT2D eigenvalue weighted by Gasteiger charge is 2.38. The number of pyridine rings is 1. The number of nitrogens with one attached hydrogen (secondary N) is 1. The van der Waals surface area contributed by atoms with E-state index in [0.717, 1.165) is 22.9 Å². The summed E-state index contributed by atoms with van der Waals surface area (Å²) < 4.78 is 0. The van der Waals surface area contributed by atoms with Crippen molar-refractivity contribution in [2.75, 3.05) is 0 Å². The minimum absolute atomic E-state index is 0.587. The van der Waals surface area contributed by atoms with Crippen LogP contribution in [0.5, 0.6) is 0 Å². The van der Waals surface area contributed by atoms with Gasteiger partial charge in [0.15, 0.2) is 5.65 Å². The summed E-state index contributed by atoms with van der Waals surface area (Å²) in [5.74, 6) is 3.21. The Hall–Kier alpha value is -1.64. The van der Waals surface area contributed by atoms with Crippen LogP contribution in [-0.2, 0) is 0 Å². The SMILES string of the molecule is C1=CC2CC1CC2c1nc2ncccc2[nH]1. The predicted molar refractivity (Wildman–Crippen MR) is 62.0 cm³/mol. The van der Waals surface area contributed by atoms with Crippen LogP contribution >= 0.6 is 0 Å². The molecule has 0 radical (unpaired) electrons. The summed E-state index contributed by atoms with van der Waals surface area (Å²) in [5, 5.41) is 0. The zero-order valence-corrected chi connectivity index (χ0v) is 8.93. The van der Waals surface area contributed by atoms with Crippen molar-refractivity contribution in [2.45, 2.75) is 18.8 Å². The molecule has 1 fully saturated rings. The molecule has 80 valence electrons. The first-order chi connectivity index (χ1) is 7.90. The average Bonchev–Trinajstić information content (AvgIpc) is 3.02. The first-order valence-electron chi connectivity index (χ1n) is 5.89. The number of hydrogen-bond acceptors (Lipinski definition) is 2. The number of hydrogen-bond donors (Lipinski definition) is 1. The molecule has 2 aromatic heterocycles. The highest BCUT2D eigenvalue weighted by molar-refractivity contribution is 5.70. The molecule has 2 aliphatic carbocycles. The summed E-state index contributed by atoms with van der Waals surface area (Å²) >= 11 is 0. The molecule has 4 rings (SSSR count). The Balaban J connectivity index is 1.80. The van der Waals surface area contributed by atoms with Crippen LogP contribution in [0.4, 0.5) is 0 Å². The van der Waals surface area contributed by atoms with Gasteiger partial charge in [0.05, 0.1) is 5.52 Å². The van der Waals surface area contributed by atoms with Crippen molar-refractivity contribution in [1.82, 2.24) is 15.0 Å². The van der Waals surface area contributed by atoms with Crippen molar-refractivity contribution in [3.8, 4) is 0 Å². The lowest BCUT2D eigenvalue weighted by atomic mass is 9.93. The average molecular weight is 211 g/mol. The van der Waals surface area contributed by atoms with Crippen LogP contribution in [0.3, 0.4) is 0 Å². The molecule has 3 nitrogen and oxygen atoms in total. The van der Waals surface area contributed by atoms with Crippen molar-refractivity contribution >= 4 is 11.2 Å². The van der Waals surface area contributed by atoms with E-state index < -0.39 is 0 Å². The minimum Gasteiger partial charge on any atom is -0.340 e. The second-order valence-electron chi connectivity index (χ2n) is 4.88. The lowest BCUT2D eigenvalue weighted by molar-refractivity contribution is 0.559. The summed E-state index contributed by atoms with van der Waals surface area (Å²) in [7, 11) is 0. The van der Waals surface area contributed by atoms with Gasteiger partial charge in [0.1, 0.15) is 5.82 Å². The van der Waals surface area contributed by atoms with Gasteiger partial charge in [0.2, 0.25) is 0 Å². The van der Waals surface area contributed by atoms with Crippen molar-refractivity contribution in [3.05, 3.63) is 36.3 Å². The van der Waals surface area contributed by atoms with Gasteiger partial charge in [-0.15, -0.1) is 0 Å². The second kappa shape index (κ2) is 2.94. The van der Waals surface area contributed by atoms with Crippen molar-refractivity contribution in [2.24, 2.45) is 11.8 Å². The Kier molecular flexibility index (Phi) is 1.56. The monoisotopic (exact) mass is 211 g/mol. The molecule has 0 spiro atoms. The first kappa shape index (κ1) is 8.50. The molecule has 1 saturated carbocycles. The number of imidazole rings is 1. The van der Waals surface area contributed by atoms with Gasteiger partial charge in [-0.05, 0) is 36.8 Å². The molecule has 0 aliphatic heterocycles. The van der Waals surface area contributed by atoms with Crippen LogP contribution in [0.15, 0.2) is 30.5 Å². The molecule has 2 bridgehead atoms. The number of H-pyrrole nitrogens is 1. The molecule has 3 unspecified atom stereocenters. The zero-order chi connectivity index (χ0) is 10.5. The number of fused-ring (bicyclic) bond motifs is 3. The van der Waals surface area contributed by atoms with Gasteiger partial charge in [-0.25, -0.2) is 9.97 Å². The number of rotatable bonds is 1. The standard InChI is InChI=1S/C13H13N3/c1-2-11-13(14-5-1)16-12(15-11)10-7-8-3-4-9(10)6-8/h1-5,8-10H,6-7H2,(H,14,15,16).